The molecule has 3 heteroatoms. The van der Waals surface area contributed by atoms with E-state index in [1.54, 1.807) is 0 Å². The molecule has 1 fully saturated rings. The van der Waals surface area contributed by atoms with Crippen molar-refractivity contribution in [1.82, 2.24) is 10.2 Å². The molecule has 106 valence electrons. The first-order chi connectivity index (χ1) is 8.69. The van der Waals surface area contributed by atoms with E-state index in [0.29, 0.717) is 12.1 Å². The van der Waals surface area contributed by atoms with Crippen LogP contribution in [-0.4, -0.2) is 29.6 Å². The summed E-state index contributed by atoms with van der Waals surface area (Å²) in [6.07, 6.45) is 9.46. The van der Waals surface area contributed by atoms with Gasteiger partial charge in [0.25, 0.3) is 0 Å². The Kier molecular flexibility index (Phi) is 7.14. The predicted octanol–water partition coefficient (Wildman–Crippen LogP) is 3.93. The number of unbranched alkanes of at least 4 members (excludes halogenated alkanes) is 1. The van der Waals surface area contributed by atoms with Gasteiger partial charge in [-0.3, -0.25) is 0 Å². The molecule has 1 aliphatic carbocycles. The molecule has 1 saturated carbocycles. The molecule has 0 heterocycles. The van der Waals surface area contributed by atoms with Crippen LogP contribution >= 0.6 is 0 Å². The maximum Gasteiger partial charge on any atom is 0.317 e. The van der Waals surface area contributed by atoms with Gasteiger partial charge in [-0.1, -0.05) is 39.5 Å². The average molecular weight is 254 g/mol. The van der Waals surface area contributed by atoms with Gasteiger partial charge in [0.15, 0.2) is 0 Å². The maximum atomic E-state index is 12.3. The molecule has 0 spiro atoms. The van der Waals surface area contributed by atoms with Crippen molar-refractivity contribution in [2.24, 2.45) is 0 Å². The van der Waals surface area contributed by atoms with Gasteiger partial charge in [-0.05, 0) is 32.6 Å². The van der Waals surface area contributed by atoms with E-state index in [9.17, 15) is 4.79 Å². The minimum absolute atomic E-state index is 0.157. The number of rotatable bonds is 6. The van der Waals surface area contributed by atoms with E-state index in [2.05, 4.69) is 26.1 Å². The first-order valence-electron chi connectivity index (χ1n) is 7.76. The molecule has 0 aliphatic heterocycles. The molecule has 1 N–H and O–H groups in total. The molecule has 0 radical (unpaired) electrons. The van der Waals surface area contributed by atoms with Crippen LogP contribution in [0.2, 0.25) is 0 Å². The second-order valence-corrected chi connectivity index (χ2v) is 5.59. The number of nitrogens with one attached hydrogen (secondary N) is 1. The SMILES string of the molecule is CCCCN(C(=O)NC1CCCCC1)C(C)CC. The van der Waals surface area contributed by atoms with Gasteiger partial charge in [-0.25, -0.2) is 4.79 Å². The Bertz CT molecular complexity index is 237. The Morgan fingerprint density at radius 2 is 1.94 bits per heavy atom. The van der Waals surface area contributed by atoms with Crippen LogP contribution < -0.4 is 5.32 Å². The number of amides is 2. The van der Waals surface area contributed by atoms with E-state index in [1.807, 2.05) is 4.90 Å². The summed E-state index contributed by atoms with van der Waals surface area (Å²) in [5.41, 5.74) is 0. The summed E-state index contributed by atoms with van der Waals surface area (Å²) < 4.78 is 0. The smallest absolute Gasteiger partial charge is 0.317 e. The molecular weight excluding hydrogens is 224 g/mol. The van der Waals surface area contributed by atoms with Crippen LogP contribution in [0.25, 0.3) is 0 Å². The van der Waals surface area contributed by atoms with Gasteiger partial charge in [0.1, 0.15) is 0 Å². The van der Waals surface area contributed by atoms with Crippen molar-refractivity contribution in [3.63, 3.8) is 0 Å². The van der Waals surface area contributed by atoms with Crippen LogP contribution in [-0.2, 0) is 0 Å². The Hall–Kier alpha value is -0.730. The highest BCUT2D eigenvalue weighted by atomic mass is 16.2. The minimum atomic E-state index is 0.157. The van der Waals surface area contributed by atoms with Crippen LogP contribution in [0.3, 0.4) is 0 Å². The van der Waals surface area contributed by atoms with E-state index in [4.69, 9.17) is 0 Å². The van der Waals surface area contributed by atoms with Crippen molar-refractivity contribution in [2.75, 3.05) is 6.54 Å². The van der Waals surface area contributed by atoms with Gasteiger partial charge >= 0.3 is 6.03 Å². The molecule has 18 heavy (non-hydrogen) atoms. The molecule has 1 aliphatic rings. The number of hydrogen-bond donors (Lipinski definition) is 1. The third-order valence-corrected chi connectivity index (χ3v) is 4.07. The fraction of sp³-hybridized carbons (Fsp3) is 0.933. The summed E-state index contributed by atoms with van der Waals surface area (Å²) in [5, 5.41) is 3.23. The molecule has 0 aromatic carbocycles. The lowest BCUT2D eigenvalue weighted by atomic mass is 9.96. The van der Waals surface area contributed by atoms with Crippen molar-refractivity contribution in [3.05, 3.63) is 0 Å². The molecule has 1 atom stereocenters. The second-order valence-electron chi connectivity index (χ2n) is 5.59. The lowest BCUT2D eigenvalue weighted by molar-refractivity contribution is 0.169. The van der Waals surface area contributed by atoms with Crippen molar-refractivity contribution in [1.29, 1.82) is 0 Å². The first-order valence-corrected chi connectivity index (χ1v) is 7.76. The van der Waals surface area contributed by atoms with Crippen molar-refractivity contribution >= 4 is 6.03 Å². The van der Waals surface area contributed by atoms with Crippen LogP contribution in [0.5, 0.6) is 0 Å². The van der Waals surface area contributed by atoms with Crippen LogP contribution in [0.15, 0.2) is 0 Å². The topological polar surface area (TPSA) is 32.3 Å². The van der Waals surface area contributed by atoms with Gasteiger partial charge in [0, 0.05) is 18.6 Å². The highest BCUT2D eigenvalue weighted by Gasteiger charge is 2.22. The quantitative estimate of drug-likeness (QED) is 0.765. The Labute approximate surface area is 112 Å². The van der Waals surface area contributed by atoms with Crippen LogP contribution in [0.4, 0.5) is 4.79 Å². The maximum absolute atomic E-state index is 12.3. The van der Waals surface area contributed by atoms with Crippen molar-refractivity contribution in [2.45, 2.75) is 84.2 Å². The minimum Gasteiger partial charge on any atom is -0.335 e. The van der Waals surface area contributed by atoms with Gasteiger partial charge in [-0.15, -0.1) is 0 Å². The van der Waals surface area contributed by atoms with E-state index in [1.165, 1.54) is 19.3 Å². The molecular formula is C15H30N2O. The number of hydrogen-bond acceptors (Lipinski definition) is 1. The van der Waals surface area contributed by atoms with Gasteiger partial charge in [-0.2, -0.15) is 0 Å². The predicted molar refractivity (Wildman–Crippen MR) is 76.8 cm³/mol. The normalized spacial score (nSPS) is 18.4. The van der Waals surface area contributed by atoms with Crippen molar-refractivity contribution in [3.8, 4) is 0 Å². The number of carbonyl (C=O) groups excluding carboxylic acids is 1. The van der Waals surface area contributed by atoms with Crippen molar-refractivity contribution < 1.29 is 4.79 Å². The summed E-state index contributed by atoms with van der Waals surface area (Å²) >= 11 is 0. The van der Waals surface area contributed by atoms with E-state index in [0.717, 1.165) is 38.6 Å². The summed E-state index contributed by atoms with van der Waals surface area (Å²) in [6.45, 7) is 7.37. The van der Waals surface area contributed by atoms with E-state index < -0.39 is 0 Å². The molecule has 1 unspecified atom stereocenters. The molecule has 0 bridgehead atoms. The molecule has 2 amide bonds. The van der Waals surface area contributed by atoms with Crippen LogP contribution in [0, 0.1) is 0 Å². The summed E-state index contributed by atoms with van der Waals surface area (Å²) in [5.74, 6) is 0. The molecule has 0 aromatic heterocycles. The molecule has 3 nitrogen and oxygen atoms in total. The third kappa shape index (κ3) is 4.87. The Morgan fingerprint density at radius 3 is 2.50 bits per heavy atom. The monoisotopic (exact) mass is 254 g/mol. The zero-order valence-corrected chi connectivity index (χ0v) is 12.4. The summed E-state index contributed by atoms with van der Waals surface area (Å²) in [4.78, 5) is 14.4. The second kappa shape index (κ2) is 8.39. The average Bonchev–Trinajstić information content (AvgIpc) is 2.40. The molecule has 1 rings (SSSR count). The number of nitrogens with zero attached hydrogens (tertiary/aromatic N) is 1. The van der Waals surface area contributed by atoms with Gasteiger partial charge < -0.3 is 10.2 Å². The number of urea groups is 1. The highest BCUT2D eigenvalue weighted by molar-refractivity contribution is 5.74. The molecule has 0 aromatic rings. The fourth-order valence-corrected chi connectivity index (χ4v) is 2.58. The Balaban J connectivity index is 2.46. The van der Waals surface area contributed by atoms with E-state index in [-0.39, 0.29) is 6.03 Å². The zero-order valence-electron chi connectivity index (χ0n) is 12.4. The third-order valence-electron chi connectivity index (χ3n) is 4.07. The lowest BCUT2D eigenvalue weighted by Gasteiger charge is -2.32. The first kappa shape index (κ1) is 15.3. The van der Waals surface area contributed by atoms with Gasteiger partial charge in [0.2, 0.25) is 0 Å². The molecule has 0 saturated heterocycles. The summed E-state index contributed by atoms with van der Waals surface area (Å²) in [6, 6.07) is 0.921. The fourth-order valence-electron chi connectivity index (χ4n) is 2.58. The van der Waals surface area contributed by atoms with Crippen LogP contribution in [0.1, 0.15) is 72.1 Å². The lowest BCUT2D eigenvalue weighted by Crippen LogP contribution is -2.49. The summed E-state index contributed by atoms with van der Waals surface area (Å²) in [7, 11) is 0. The van der Waals surface area contributed by atoms with E-state index >= 15 is 0 Å². The highest BCUT2D eigenvalue weighted by Crippen LogP contribution is 2.18. The largest absolute Gasteiger partial charge is 0.335 e. The zero-order chi connectivity index (χ0) is 13.4. The number of carbonyl (C=O) groups is 1. The Morgan fingerprint density at radius 1 is 1.28 bits per heavy atom. The van der Waals surface area contributed by atoms with Gasteiger partial charge in [0.05, 0.1) is 0 Å². The standard InChI is InChI=1S/C15H30N2O/c1-4-6-12-17(13(3)5-2)15(18)16-14-10-8-7-9-11-14/h13-14H,4-12H2,1-3H3,(H,16,18).